The fourth-order valence-corrected chi connectivity index (χ4v) is 5.71. The molecule has 0 radical (unpaired) electrons. The van der Waals surface area contributed by atoms with Gasteiger partial charge in [0.05, 0.1) is 11.1 Å². The quantitative estimate of drug-likeness (QED) is 0.466. The van der Waals surface area contributed by atoms with Crippen molar-refractivity contribution >= 4 is 29.2 Å². The van der Waals surface area contributed by atoms with Crippen molar-refractivity contribution < 1.29 is 17.6 Å². The maximum atomic E-state index is 14.5. The van der Waals surface area contributed by atoms with E-state index in [1.807, 2.05) is 11.9 Å². The molecule has 1 saturated carbocycles. The second-order valence-electron chi connectivity index (χ2n) is 8.06. The molecule has 1 aliphatic heterocycles. The van der Waals surface area contributed by atoms with Gasteiger partial charge in [-0.3, -0.25) is 4.31 Å². The van der Waals surface area contributed by atoms with Crippen LogP contribution in [0.25, 0.3) is 10.6 Å². The van der Waals surface area contributed by atoms with Gasteiger partial charge in [-0.1, -0.05) is 11.9 Å². The lowest BCUT2D eigenvalue weighted by Crippen LogP contribution is -2.36. The van der Waals surface area contributed by atoms with Gasteiger partial charge in [-0.2, -0.15) is 13.2 Å². The normalized spacial score (nSPS) is 18.7. The van der Waals surface area contributed by atoms with Gasteiger partial charge in [-0.05, 0) is 39.8 Å². The van der Waals surface area contributed by atoms with Crippen molar-refractivity contribution in [3.05, 3.63) is 22.7 Å². The Kier molecular flexibility index (Phi) is 6.71. The van der Waals surface area contributed by atoms with Gasteiger partial charge < -0.3 is 10.2 Å². The van der Waals surface area contributed by atoms with Crippen LogP contribution in [0.3, 0.4) is 0 Å². The van der Waals surface area contributed by atoms with Crippen LogP contribution < -0.4 is 5.32 Å². The zero-order valence-corrected chi connectivity index (χ0v) is 18.9. The summed E-state index contributed by atoms with van der Waals surface area (Å²) in [6.45, 7) is 2.07. The summed E-state index contributed by atoms with van der Waals surface area (Å²) in [6, 6.07) is 0.0993. The lowest BCUT2D eigenvalue weighted by Gasteiger charge is -2.31. The van der Waals surface area contributed by atoms with E-state index in [1.165, 1.54) is 12.8 Å². The Labute approximate surface area is 186 Å². The number of anilines is 1. The maximum Gasteiger partial charge on any atom is 0.434 e. The number of hydrogen-bond donors (Lipinski definition) is 1. The monoisotopic (exact) mass is 476 g/mol. The molecule has 1 saturated heterocycles. The predicted molar refractivity (Wildman–Crippen MR) is 114 cm³/mol. The standard InChI is InChI=1S/C19H24F4N6S2/c1-28(2)10-14-26-17(19(21,22)23)16(30-14)15-13(20)9-24-18(27-15)25-11-5-7-29(8-6-11)31-12-3-4-12/h9,11-12H,3-8,10H2,1-2H3,(H,24,25,27). The van der Waals surface area contributed by atoms with Crippen LogP contribution in [0.15, 0.2) is 6.20 Å². The SMILES string of the molecule is CN(C)Cc1nc(C(F)(F)F)c(-c2nc(NC3CCN(SC4CC4)CC3)ncc2F)s1. The van der Waals surface area contributed by atoms with Gasteiger partial charge in [-0.25, -0.2) is 19.3 Å². The topological polar surface area (TPSA) is 57.2 Å². The summed E-state index contributed by atoms with van der Waals surface area (Å²) < 4.78 is 57.5. The Balaban J connectivity index is 1.52. The van der Waals surface area contributed by atoms with Crippen LogP contribution >= 0.6 is 23.3 Å². The van der Waals surface area contributed by atoms with Crippen LogP contribution in [0.5, 0.6) is 0 Å². The van der Waals surface area contributed by atoms with Gasteiger partial charge >= 0.3 is 6.18 Å². The maximum absolute atomic E-state index is 14.5. The van der Waals surface area contributed by atoms with Gasteiger partial charge in [0.1, 0.15) is 10.7 Å². The van der Waals surface area contributed by atoms with Crippen molar-refractivity contribution in [1.82, 2.24) is 24.2 Å². The molecule has 2 fully saturated rings. The molecule has 3 heterocycles. The zero-order valence-electron chi connectivity index (χ0n) is 17.2. The van der Waals surface area contributed by atoms with Crippen LogP contribution in [-0.2, 0) is 12.7 Å². The van der Waals surface area contributed by atoms with Crippen molar-refractivity contribution in [3.8, 4) is 10.6 Å². The first-order chi connectivity index (χ1) is 14.7. The number of halogens is 4. The predicted octanol–water partition coefficient (Wildman–Crippen LogP) is 4.51. The number of piperidine rings is 1. The van der Waals surface area contributed by atoms with Gasteiger partial charge in [0.15, 0.2) is 11.5 Å². The third-order valence-corrected chi connectivity index (χ3v) is 7.44. The summed E-state index contributed by atoms with van der Waals surface area (Å²) >= 11 is 2.72. The van der Waals surface area contributed by atoms with Crippen LogP contribution in [-0.4, -0.2) is 62.6 Å². The van der Waals surface area contributed by atoms with E-state index < -0.39 is 17.7 Å². The molecular weight excluding hydrogens is 452 g/mol. The Morgan fingerprint density at radius 2 is 1.90 bits per heavy atom. The van der Waals surface area contributed by atoms with Crippen molar-refractivity contribution in [2.45, 2.75) is 49.7 Å². The minimum atomic E-state index is -4.70. The van der Waals surface area contributed by atoms with Crippen molar-refractivity contribution in [2.75, 3.05) is 32.5 Å². The molecule has 0 spiro atoms. The van der Waals surface area contributed by atoms with Crippen LogP contribution in [0.2, 0.25) is 0 Å². The lowest BCUT2D eigenvalue weighted by molar-refractivity contribution is -0.140. The van der Waals surface area contributed by atoms with E-state index in [0.717, 1.165) is 48.7 Å². The molecule has 1 N–H and O–H groups in total. The number of rotatable bonds is 7. The summed E-state index contributed by atoms with van der Waals surface area (Å²) in [5, 5.41) is 4.18. The smallest absolute Gasteiger partial charge is 0.351 e. The molecule has 31 heavy (non-hydrogen) atoms. The molecule has 1 aliphatic carbocycles. The summed E-state index contributed by atoms with van der Waals surface area (Å²) in [7, 11) is 3.46. The number of nitrogens with one attached hydrogen (secondary N) is 1. The minimum absolute atomic E-state index is 0.0993. The summed E-state index contributed by atoms with van der Waals surface area (Å²) in [4.78, 5) is 13.2. The Morgan fingerprint density at radius 3 is 2.52 bits per heavy atom. The van der Waals surface area contributed by atoms with E-state index in [1.54, 1.807) is 19.0 Å². The molecule has 0 unspecified atom stereocenters. The largest absolute Gasteiger partial charge is 0.434 e. The molecule has 4 rings (SSSR count). The second-order valence-corrected chi connectivity index (χ2v) is 10.5. The Morgan fingerprint density at radius 1 is 1.19 bits per heavy atom. The zero-order chi connectivity index (χ0) is 22.2. The molecule has 0 amide bonds. The molecule has 2 aliphatic rings. The second kappa shape index (κ2) is 9.16. The Hall–Kier alpha value is -1.50. The van der Waals surface area contributed by atoms with Gasteiger partial charge in [0, 0.05) is 30.9 Å². The van der Waals surface area contributed by atoms with E-state index in [0.29, 0.717) is 0 Å². The van der Waals surface area contributed by atoms with Crippen LogP contribution in [0, 0.1) is 5.82 Å². The number of thiazole rings is 1. The molecule has 12 heteroatoms. The van der Waals surface area contributed by atoms with E-state index >= 15 is 0 Å². The highest BCUT2D eigenvalue weighted by Gasteiger charge is 2.39. The molecule has 2 aromatic heterocycles. The third-order valence-electron chi connectivity index (χ3n) is 4.96. The number of alkyl halides is 3. The molecule has 6 nitrogen and oxygen atoms in total. The van der Waals surface area contributed by atoms with Crippen LogP contribution in [0.4, 0.5) is 23.5 Å². The average molecular weight is 477 g/mol. The highest BCUT2D eigenvalue weighted by Crippen LogP contribution is 2.41. The number of aromatic nitrogens is 3. The number of nitrogens with zero attached hydrogens (tertiary/aromatic N) is 5. The van der Waals surface area contributed by atoms with Crippen molar-refractivity contribution in [1.29, 1.82) is 0 Å². The van der Waals surface area contributed by atoms with Gasteiger partial charge in [0.25, 0.3) is 0 Å². The fourth-order valence-electron chi connectivity index (χ4n) is 3.32. The molecular formula is C19H24F4N6S2. The fraction of sp³-hybridized carbons (Fsp3) is 0.632. The molecule has 0 atom stereocenters. The third kappa shape index (κ3) is 5.85. The van der Waals surface area contributed by atoms with Gasteiger partial charge in [0.2, 0.25) is 5.95 Å². The first kappa shape index (κ1) is 22.7. The van der Waals surface area contributed by atoms with Crippen molar-refractivity contribution in [2.24, 2.45) is 0 Å². The highest BCUT2D eigenvalue weighted by molar-refractivity contribution is 7.97. The highest BCUT2D eigenvalue weighted by atomic mass is 32.2. The minimum Gasteiger partial charge on any atom is -0.351 e. The molecule has 0 bridgehead atoms. The first-order valence-corrected chi connectivity index (χ1v) is 11.8. The van der Waals surface area contributed by atoms with Crippen LogP contribution in [0.1, 0.15) is 36.4 Å². The molecule has 0 aromatic carbocycles. The lowest BCUT2D eigenvalue weighted by atomic mass is 10.1. The molecule has 2 aromatic rings. The van der Waals surface area contributed by atoms with E-state index in [2.05, 4.69) is 24.6 Å². The van der Waals surface area contributed by atoms with E-state index in [9.17, 15) is 17.6 Å². The number of hydrogen-bond acceptors (Lipinski definition) is 8. The summed E-state index contributed by atoms with van der Waals surface area (Å²) in [5.41, 5.74) is -1.47. The molecule has 170 valence electrons. The summed E-state index contributed by atoms with van der Waals surface area (Å²) in [5.74, 6) is -0.757. The first-order valence-electron chi connectivity index (χ1n) is 10.1. The van der Waals surface area contributed by atoms with E-state index in [4.69, 9.17) is 0 Å². The van der Waals surface area contributed by atoms with Crippen molar-refractivity contribution in [3.63, 3.8) is 0 Å². The van der Waals surface area contributed by atoms with E-state index in [-0.39, 0.29) is 34.1 Å². The average Bonchev–Trinajstić information content (AvgIpc) is 3.40. The Bertz CT molecular complexity index is 907. The summed E-state index contributed by atoms with van der Waals surface area (Å²) in [6.07, 6.45) is 0.529. The van der Waals surface area contributed by atoms with Gasteiger partial charge in [-0.15, -0.1) is 11.3 Å².